The van der Waals surface area contributed by atoms with Crippen molar-refractivity contribution in [3.8, 4) is 0 Å². The molecule has 0 saturated heterocycles. The normalized spacial score (nSPS) is 11.0. The van der Waals surface area contributed by atoms with Crippen LogP contribution in [-0.2, 0) is 9.59 Å². The van der Waals surface area contributed by atoms with Gasteiger partial charge in [-0.2, -0.15) is 0 Å². The van der Waals surface area contributed by atoms with Gasteiger partial charge in [-0.05, 0) is 51.3 Å². The Morgan fingerprint density at radius 1 is 1.10 bits per heavy atom. The Kier molecular flexibility index (Phi) is 6.77. The number of benzene rings is 1. The van der Waals surface area contributed by atoms with Crippen molar-refractivity contribution in [1.82, 2.24) is 14.9 Å². The number of anilines is 1. The topological polar surface area (TPSA) is 75.2 Å². The van der Waals surface area contributed by atoms with Gasteiger partial charge in [-0.25, -0.2) is 9.97 Å². The molecule has 0 radical (unpaired) electrons. The molecule has 0 atom stereocenters. The van der Waals surface area contributed by atoms with Crippen LogP contribution in [0.1, 0.15) is 27.4 Å². The lowest BCUT2D eigenvalue weighted by atomic mass is 10.1. The second-order valence-corrected chi connectivity index (χ2v) is 9.56. The first kappa shape index (κ1) is 22.2. The highest BCUT2D eigenvalue weighted by molar-refractivity contribution is 8.00. The molecule has 0 unspecified atom stereocenters. The van der Waals surface area contributed by atoms with Crippen molar-refractivity contribution in [3.05, 3.63) is 45.6 Å². The van der Waals surface area contributed by atoms with Crippen molar-refractivity contribution in [3.63, 3.8) is 0 Å². The number of aromatic nitrogens is 2. The Morgan fingerprint density at radius 3 is 2.43 bits per heavy atom. The van der Waals surface area contributed by atoms with Crippen LogP contribution in [-0.4, -0.2) is 46.0 Å². The number of nitrogens with zero attached hydrogens (tertiary/aromatic N) is 3. The number of hydrogen-bond acceptors (Lipinski definition) is 6. The molecule has 0 aliphatic carbocycles. The quantitative estimate of drug-likeness (QED) is 0.452. The molecule has 6 nitrogen and oxygen atoms in total. The van der Waals surface area contributed by atoms with Gasteiger partial charge in [0.25, 0.3) is 0 Å². The molecule has 158 valence electrons. The number of hydrogen-bond donors (Lipinski definition) is 1. The fraction of sp³-hybridized carbons (Fsp3) is 0.364. The van der Waals surface area contributed by atoms with E-state index in [1.165, 1.54) is 21.5 Å². The average molecular weight is 443 g/mol. The number of thioether (sulfide) groups is 1. The minimum absolute atomic E-state index is 0.00195. The lowest BCUT2D eigenvalue weighted by Crippen LogP contribution is -2.36. The summed E-state index contributed by atoms with van der Waals surface area (Å²) in [6, 6.07) is 5.86. The number of para-hydroxylation sites is 1. The Morgan fingerprint density at radius 2 is 1.77 bits per heavy atom. The van der Waals surface area contributed by atoms with Crippen molar-refractivity contribution < 1.29 is 9.59 Å². The van der Waals surface area contributed by atoms with E-state index in [4.69, 9.17) is 0 Å². The van der Waals surface area contributed by atoms with E-state index in [2.05, 4.69) is 29.1 Å². The van der Waals surface area contributed by atoms with Crippen molar-refractivity contribution in [1.29, 1.82) is 0 Å². The fourth-order valence-corrected chi connectivity index (χ4v) is 5.36. The maximum atomic E-state index is 12.6. The van der Waals surface area contributed by atoms with Crippen LogP contribution < -0.4 is 5.32 Å². The number of nitrogens with one attached hydrogen (secondary N) is 1. The Hall–Kier alpha value is -2.45. The summed E-state index contributed by atoms with van der Waals surface area (Å²) in [7, 11) is 1.65. The highest BCUT2D eigenvalue weighted by atomic mass is 32.2. The first-order valence-electron chi connectivity index (χ1n) is 9.64. The molecular formula is C22H26N4O2S2. The van der Waals surface area contributed by atoms with E-state index in [-0.39, 0.29) is 24.1 Å². The smallest absolute Gasteiger partial charge is 0.243 e. The van der Waals surface area contributed by atoms with Gasteiger partial charge >= 0.3 is 0 Å². The van der Waals surface area contributed by atoms with E-state index in [1.54, 1.807) is 18.4 Å². The summed E-state index contributed by atoms with van der Waals surface area (Å²) in [4.78, 5) is 37.8. The van der Waals surface area contributed by atoms with E-state index < -0.39 is 0 Å². The molecule has 3 rings (SSSR count). The fourth-order valence-electron chi connectivity index (χ4n) is 3.15. The third-order valence-electron chi connectivity index (χ3n) is 4.99. The lowest BCUT2D eigenvalue weighted by Gasteiger charge is -2.18. The summed E-state index contributed by atoms with van der Waals surface area (Å²) >= 11 is 3.04. The molecule has 2 amide bonds. The molecule has 0 saturated carbocycles. The highest BCUT2D eigenvalue weighted by Crippen LogP contribution is 2.35. The maximum Gasteiger partial charge on any atom is 0.243 e. The van der Waals surface area contributed by atoms with E-state index in [0.717, 1.165) is 37.6 Å². The first-order chi connectivity index (χ1) is 14.2. The summed E-state index contributed by atoms with van der Waals surface area (Å²) in [5.41, 5.74) is 3.96. The van der Waals surface area contributed by atoms with E-state index in [9.17, 15) is 9.59 Å². The molecule has 1 aromatic carbocycles. The van der Waals surface area contributed by atoms with Gasteiger partial charge in [0.05, 0.1) is 12.3 Å². The molecule has 0 spiro atoms. The van der Waals surface area contributed by atoms with Crippen LogP contribution in [0, 0.1) is 34.6 Å². The molecule has 0 aliphatic heterocycles. The van der Waals surface area contributed by atoms with Crippen LogP contribution >= 0.6 is 23.1 Å². The van der Waals surface area contributed by atoms with Crippen molar-refractivity contribution >= 4 is 50.8 Å². The van der Waals surface area contributed by atoms with Crippen LogP contribution in [0.15, 0.2) is 23.2 Å². The molecule has 2 heterocycles. The van der Waals surface area contributed by atoms with Crippen LogP contribution in [0.3, 0.4) is 0 Å². The molecule has 0 aliphatic rings. The van der Waals surface area contributed by atoms with Gasteiger partial charge in [-0.3, -0.25) is 9.59 Å². The van der Waals surface area contributed by atoms with Gasteiger partial charge in [0.2, 0.25) is 11.8 Å². The monoisotopic (exact) mass is 442 g/mol. The van der Waals surface area contributed by atoms with Crippen LogP contribution in [0.2, 0.25) is 0 Å². The zero-order valence-electron chi connectivity index (χ0n) is 18.1. The summed E-state index contributed by atoms with van der Waals surface area (Å²) in [6.07, 6.45) is 0. The summed E-state index contributed by atoms with van der Waals surface area (Å²) in [6.45, 7) is 9.89. The standard InChI is InChI=1S/C22H26N4O2S2/c1-12-8-7-9-13(2)20(12)25-17(27)10-26(6)18(28)11-29-21-19-14(3)15(4)30-22(19)24-16(5)23-21/h7-9H,10-11H2,1-6H3,(H,25,27). The van der Waals surface area contributed by atoms with Crippen molar-refractivity contribution in [2.45, 2.75) is 39.6 Å². The Labute approximate surface area is 185 Å². The molecule has 0 fully saturated rings. The molecule has 30 heavy (non-hydrogen) atoms. The number of carbonyl (C=O) groups excluding carboxylic acids is 2. The minimum Gasteiger partial charge on any atom is -0.336 e. The first-order valence-corrected chi connectivity index (χ1v) is 11.4. The molecule has 0 bridgehead atoms. The van der Waals surface area contributed by atoms with E-state index in [1.807, 2.05) is 39.0 Å². The summed E-state index contributed by atoms with van der Waals surface area (Å²) in [5.74, 6) is 0.580. The average Bonchev–Trinajstić information content (AvgIpc) is 2.96. The summed E-state index contributed by atoms with van der Waals surface area (Å²) in [5, 5.41) is 4.77. The van der Waals surface area contributed by atoms with Crippen molar-refractivity contribution in [2.24, 2.45) is 0 Å². The SMILES string of the molecule is Cc1nc(SCC(=O)N(C)CC(=O)Nc2c(C)cccc2C)c2c(C)c(C)sc2n1. The van der Waals surface area contributed by atoms with E-state index in [0.29, 0.717) is 5.82 Å². The van der Waals surface area contributed by atoms with Crippen LogP contribution in [0.25, 0.3) is 10.2 Å². The molecular weight excluding hydrogens is 416 g/mol. The molecule has 2 aromatic heterocycles. The number of fused-ring (bicyclic) bond motifs is 1. The Balaban J connectivity index is 1.64. The minimum atomic E-state index is -0.210. The van der Waals surface area contributed by atoms with E-state index >= 15 is 0 Å². The van der Waals surface area contributed by atoms with Crippen LogP contribution in [0.5, 0.6) is 0 Å². The molecule has 1 N–H and O–H groups in total. The van der Waals surface area contributed by atoms with Gasteiger partial charge in [-0.1, -0.05) is 30.0 Å². The largest absolute Gasteiger partial charge is 0.336 e. The number of likely N-dealkylation sites (N-methyl/N-ethyl adjacent to an activating group) is 1. The number of carbonyl (C=O) groups is 2. The van der Waals surface area contributed by atoms with Gasteiger partial charge in [0, 0.05) is 23.0 Å². The number of thiophene rings is 1. The lowest BCUT2D eigenvalue weighted by molar-refractivity contribution is -0.131. The second kappa shape index (κ2) is 9.14. The van der Waals surface area contributed by atoms with Gasteiger partial charge in [-0.15, -0.1) is 11.3 Å². The van der Waals surface area contributed by atoms with Crippen molar-refractivity contribution in [2.75, 3.05) is 24.7 Å². The number of rotatable bonds is 6. The zero-order valence-corrected chi connectivity index (χ0v) is 19.8. The van der Waals surface area contributed by atoms with Gasteiger partial charge in [0.1, 0.15) is 15.7 Å². The van der Waals surface area contributed by atoms with Gasteiger partial charge in [0.15, 0.2) is 0 Å². The third kappa shape index (κ3) is 4.82. The second-order valence-electron chi connectivity index (χ2n) is 7.39. The molecule has 3 aromatic rings. The predicted octanol–water partition coefficient (Wildman–Crippen LogP) is 4.42. The Bertz CT molecular complexity index is 1100. The number of aryl methyl sites for hydroxylation is 5. The highest BCUT2D eigenvalue weighted by Gasteiger charge is 2.18. The third-order valence-corrected chi connectivity index (χ3v) is 7.05. The summed E-state index contributed by atoms with van der Waals surface area (Å²) < 4.78 is 0. The maximum absolute atomic E-state index is 12.6. The van der Waals surface area contributed by atoms with Crippen LogP contribution in [0.4, 0.5) is 5.69 Å². The predicted molar refractivity (Wildman–Crippen MR) is 125 cm³/mol. The number of amides is 2. The molecule has 8 heteroatoms. The van der Waals surface area contributed by atoms with Gasteiger partial charge < -0.3 is 10.2 Å². The zero-order chi connectivity index (χ0) is 22.0.